The van der Waals surface area contributed by atoms with Crippen molar-refractivity contribution in [1.82, 2.24) is 10.6 Å². The van der Waals surface area contributed by atoms with E-state index in [1.54, 1.807) is 18.2 Å². The SMILES string of the molecule is C#CCNC(=O)COC(=O)[C@H](C)NC(=O)c1cccc(C)c1. The van der Waals surface area contributed by atoms with Crippen LogP contribution in [0, 0.1) is 19.3 Å². The topological polar surface area (TPSA) is 84.5 Å². The fourth-order valence-corrected chi connectivity index (χ4v) is 1.59. The molecule has 0 spiro atoms. The van der Waals surface area contributed by atoms with Gasteiger partial charge in [-0.15, -0.1) is 6.42 Å². The van der Waals surface area contributed by atoms with Crippen LogP contribution in [0.2, 0.25) is 0 Å². The third kappa shape index (κ3) is 5.67. The van der Waals surface area contributed by atoms with Gasteiger partial charge in [0.15, 0.2) is 6.61 Å². The molecule has 1 rings (SSSR count). The van der Waals surface area contributed by atoms with Gasteiger partial charge >= 0.3 is 5.97 Å². The highest BCUT2D eigenvalue weighted by molar-refractivity contribution is 5.97. The molecule has 0 bridgehead atoms. The molecule has 0 saturated carbocycles. The Hall–Kier alpha value is -2.81. The average Bonchev–Trinajstić information content (AvgIpc) is 2.50. The van der Waals surface area contributed by atoms with Crippen LogP contribution in [0.4, 0.5) is 0 Å². The van der Waals surface area contributed by atoms with Crippen LogP contribution in [0.25, 0.3) is 0 Å². The number of amides is 2. The highest BCUT2D eigenvalue weighted by Gasteiger charge is 2.18. The van der Waals surface area contributed by atoms with Crippen LogP contribution in [0.5, 0.6) is 0 Å². The lowest BCUT2D eigenvalue weighted by atomic mass is 10.1. The van der Waals surface area contributed by atoms with Gasteiger partial charge < -0.3 is 15.4 Å². The molecule has 0 aliphatic heterocycles. The largest absolute Gasteiger partial charge is 0.454 e. The fraction of sp³-hybridized carbons (Fsp3) is 0.312. The Morgan fingerprint density at radius 2 is 2.09 bits per heavy atom. The number of ether oxygens (including phenoxy) is 1. The Labute approximate surface area is 129 Å². The van der Waals surface area contributed by atoms with Gasteiger partial charge in [-0.25, -0.2) is 4.79 Å². The maximum Gasteiger partial charge on any atom is 0.328 e. The van der Waals surface area contributed by atoms with E-state index in [4.69, 9.17) is 11.2 Å². The van der Waals surface area contributed by atoms with Crippen LogP contribution in [-0.2, 0) is 14.3 Å². The van der Waals surface area contributed by atoms with Crippen LogP contribution >= 0.6 is 0 Å². The minimum Gasteiger partial charge on any atom is -0.454 e. The summed E-state index contributed by atoms with van der Waals surface area (Å²) >= 11 is 0. The van der Waals surface area contributed by atoms with Crippen molar-refractivity contribution >= 4 is 17.8 Å². The van der Waals surface area contributed by atoms with Gasteiger partial charge in [-0.05, 0) is 26.0 Å². The molecule has 6 heteroatoms. The number of aryl methyl sites for hydroxylation is 1. The first kappa shape index (κ1) is 17.2. The lowest BCUT2D eigenvalue weighted by Gasteiger charge is -2.13. The predicted octanol–water partition coefficient (Wildman–Crippen LogP) is 0.406. The smallest absolute Gasteiger partial charge is 0.328 e. The number of carbonyl (C=O) groups excluding carboxylic acids is 3. The van der Waals surface area contributed by atoms with Gasteiger partial charge in [0.05, 0.1) is 6.54 Å². The van der Waals surface area contributed by atoms with Gasteiger partial charge in [0.2, 0.25) is 0 Å². The lowest BCUT2D eigenvalue weighted by molar-refractivity contribution is -0.149. The number of terminal acetylenes is 1. The molecular formula is C16H18N2O4. The second kappa shape index (κ2) is 8.47. The van der Waals surface area contributed by atoms with E-state index in [2.05, 4.69) is 16.6 Å². The van der Waals surface area contributed by atoms with Crippen molar-refractivity contribution in [3.8, 4) is 12.3 Å². The zero-order valence-corrected chi connectivity index (χ0v) is 12.5. The van der Waals surface area contributed by atoms with E-state index in [-0.39, 0.29) is 12.5 Å². The second-order valence-electron chi connectivity index (χ2n) is 4.65. The molecule has 0 fully saturated rings. The highest BCUT2D eigenvalue weighted by atomic mass is 16.5. The summed E-state index contributed by atoms with van der Waals surface area (Å²) < 4.78 is 4.79. The molecular weight excluding hydrogens is 284 g/mol. The molecule has 116 valence electrons. The van der Waals surface area contributed by atoms with Crippen LogP contribution < -0.4 is 10.6 Å². The number of esters is 1. The Bertz CT molecular complexity index is 604. The first-order valence-corrected chi connectivity index (χ1v) is 6.68. The molecule has 1 aromatic rings. The summed E-state index contributed by atoms with van der Waals surface area (Å²) in [4.78, 5) is 34.9. The molecule has 0 aliphatic carbocycles. The number of hydrogen-bond donors (Lipinski definition) is 2. The third-order valence-electron chi connectivity index (χ3n) is 2.71. The van der Waals surface area contributed by atoms with Gasteiger partial charge in [-0.2, -0.15) is 0 Å². The Morgan fingerprint density at radius 3 is 2.73 bits per heavy atom. The quantitative estimate of drug-likeness (QED) is 0.589. The zero-order chi connectivity index (χ0) is 16.5. The molecule has 6 nitrogen and oxygen atoms in total. The van der Waals surface area contributed by atoms with Gasteiger partial charge in [0.1, 0.15) is 6.04 Å². The average molecular weight is 302 g/mol. The first-order chi connectivity index (χ1) is 10.4. The minimum absolute atomic E-state index is 0.0655. The molecule has 0 unspecified atom stereocenters. The molecule has 1 aromatic carbocycles. The van der Waals surface area contributed by atoms with Crippen molar-refractivity contribution in [1.29, 1.82) is 0 Å². The minimum atomic E-state index is -0.867. The highest BCUT2D eigenvalue weighted by Crippen LogP contribution is 2.04. The van der Waals surface area contributed by atoms with Crippen LogP contribution in [0.15, 0.2) is 24.3 Å². The number of carbonyl (C=O) groups is 3. The van der Waals surface area contributed by atoms with Crippen molar-refractivity contribution in [2.45, 2.75) is 19.9 Å². The van der Waals surface area contributed by atoms with Crippen molar-refractivity contribution in [3.63, 3.8) is 0 Å². The van der Waals surface area contributed by atoms with Crippen molar-refractivity contribution in [2.75, 3.05) is 13.2 Å². The molecule has 0 heterocycles. The van der Waals surface area contributed by atoms with Gasteiger partial charge in [0.25, 0.3) is 11.8 Å². The van der Waals surface area contributed by atoms with E-state index in [1.807, 2.05) is 13.0 Å². The normalized spacial score (nSPS) is 11.0. The summed E-state index contributed by atoms with van der Waals surface area (Å²) in [6, 6.07) is 6.11. The van der Waals surface area contributed by atoms with Crippen LogP contribution in [-0.4, -0.2) is 37.0 Å². The maximum absolute atomic E-state index is 12.0. The summed E-state index contributed by atoms with van der Waals surface area (Å²) in [5.41, 5.74) is 1.39. The van der Waals surface area contributed by atoms with E-state index in [0.29, 0.717) is 5.56 Å². The summed E-state index contributed by atoms with van der Waals surface area (Å²) in [7, 11) is 0. The number of hydrogen-bond acceptors (Lipinski definition) is 4. The number of rotatable bonds is 6. The summed E-state index contributed by atoms with van der Waals surface area (Å²) in [6.07, 6.45) is 4.98. The van der Waals surface area contributed by atoms with E-state index in [0.717, 1.165) is 5.56 Å². The van der Waals surface area contributed by atoms with Crippen LogP contribution in [0.1, 0.15) is 22.8 Å². The third-order valence-corrected chi connectivity index (χ3v) is 2.71. The lowest BCUT2D eigenvalue weighted by Crippen LogP contribution is -2.41. The van der Waals surface area contributed by atoms with Crippen molar-refractivity contribution < 1.29 is 19.1 Å². The van der Waals surface area contributed by atoms with Gasteiger partial charge in [-0.1, -0.05) is 23.6 Å². The van der Waals surface area contributed by atoms with Crippen molar-refractivity contribution in [2.24, 2.45) is 0 Å². The molecule has 0 saturated heterocycles. The molecule has 22 heavy (non-hydrogen) atoms. The van der Waals surface area contributed by atoms with Crippen LogP contribution in [0.3, 0.4) is 0 Å². The van der Waals surface area contributed by atoms with Gasteiger partial charge in [0, 0.05) is 5.56 Å². The zero-order valence-electron chi connectivity index (χ0n) is 12.5. The predicted molar refractivity (Wildman–Crippen MR) is 80.9 cm³/mol. The number of nitrogens with one attached hydrogen (secondary N) is 2. The Morgan fingerprint density at radius 1 is 1.36 bits per heavy atom. The summed E-state index contributed by atoms with van der Waals surface area (Å²) in [5, 5.41) is 4.87. The van der Waals surface area contributed by atoms with Crippen molar-refractivity contribution in [3.05, 3.63) is 35.4 Å². The van der Waals surface area contributed by atoms with E-state index < -0.39 is 24.5 Å². The van der Waals surface area contributed by atoms with Gasteiger partial charge in [-0.3, -0.25) is 9.59 Å². The Balaban J connectivity index is 2.45. The molecule has 2 N–H and O–H groups in total. The van der Waals surface area contributed by atoms with E-state index in [9.17, 15) is 14.4 Å². The second-order valence-corrected chi connectivity index (χ2v) is 4.65. The molecule has 2 amide bonds. The number of benzene rings is 1. The summed E-state index contributed by atoms with van der Waals surface area (Å²) in [6.45, 7) is 2.97. The first-order valence-electron chi connectivity index (χ1n) is 6.68. The molecule has 1 atom stereocenters. The van der Waals surface area contributed by atoms with E-state index >= 15 is 0 Å². The fourth-order valence-electron chi connectivity index (χ4n) is 1.59. The molecule has 0 radical (unpaired) electrons. The molecule has 0 aliphatic rings. The van der Waals surface area contributed by atoms with E-state index in [1.165, 1.54) is 6.92 Å². The standard InChI is InChI=1S/C16H18N2O4/c1-4-8-17-14(19)10-22-16(21)12(3)18-15(20)13-7-5-6-11(2)9-13/h1,5-7,9,12H,8,10H2,2-3H3,(H,17,19)(H,18,20)/t12-/m0/s1. The molecule has 0 aromatic heterocycles. The monoisotopic (exact) mass is 302 g/mol. The Kier molecular flexibility index (Phi) is 6.64. The summed E-state index contributed by atoms with van der Waals surface area (Å²) in [5.74, 6) is 0.650. The maximum atomic E-state index is 12.0.